The van der Waals surface area contributed by atoms with Gasteiger partial charge in [0, 0.05) is 5.69 Å². The average Bonchev–Trinajstić information content (AvgIpc) is 3.04. The van der Waals surface area contributed by atoms with E-state index in [1.165, 1.54) is 6.20 Å². The van der Waals surface area contributed by atoms with E-state index in [4.69, 9.17) is 0 Å². The number of carbonyl (C=O) groups excluding carboxylic acids is 1. The molecule has 114 valence electrons. The molecule has 0 atom stereocenters. The van der Waals surface area contributed by atoms with Gasteiger partial charge in [-0.2, -0.15) is 0 Å². The highest BCUT2D eigenvalue weighted by Gasteiger charge is 2.13. The Labute approximate surface area is 136 Å². The van der Waals surface area contributed by atoms with Crippen molar-refractivity contribution in [1.82, 2.24) is 4.98 Å². The van der Waals surface area contributed by atoms with Crippen molar-refractivity contribution in [3.63, 3.8) is 0 Å². The Hall–Kier alpha value is -3.06. The van der Waals surface area contributed by atoms with Crippen molar-refractivity contribution >= 4 is 38.8 Å². The first-order valence-corrected chi connectivity index (χ1v) is 7.59. The molecule has 0 saturated heterocycles. The van der Waals surface area contributed by atoms with Gasteiger partial charge in [-0.25, -0.2) is 4.98 Å². The molecule has 0 radical (unpaired) electrons. The van der Waals surface area contributed by atoms with Gasteiger partial charge in [0.1, 0.15) is 0 Å². The third-order valence-corrected chi connectivity index (χ3v) is 3.82. The second kappa shape index (κ2) is 6.80. The van der Waals surface area contributed by atoms with E-state index >= 15 is 0 Å². The molecule has 0 aliphatic heterocycles. The van der Waals surface area contributed by atoms with E-state index < -0.39 is 0 Å². The molecule has 0 saturated carbocycles. The zero-order chi connectivity index (χ0) is 16.1. The summed E-state index contributed by atoms with van der Waals surface area (Å²) in [4.78, 5) is 26.8. The number of thiazole rings is 1. The number of nitroso groups, excluding NO2 is 1. The van der Waals surface area contributed by atoms with E-state index in [0.717, 1.165) is 17.0 Å². The molecule has 0 bridgehead atoms. The van der Waals surface area contributed by atoms with Crippen molar-refractivity contribution in [2.24, 2.45) is 5.18 Å². The van der Waals surface area contributed by atoms with Gasteiger partial charge < -0.3 is 5.32 Å². The number of anilines is 3. The van der Waals surface area contributed by atoms with Crippen LogP contribution in [0.4, 0.5) is 21.5 Å². The number of hydrogen-bond acceptors (Lipinski definition) is 6. The van der Waals surface area contributed by atoms with Gasteiger partial charge in [-0.3, -0.25) is 10.1 Å². The van der Waals surface area contributed by atoms with Crippen LogP contribution in [-0.2, 0) is 0 Å². The molecule has 3 aromatic rings. The summed E-state index contributed by atoms with van der Waals surface area (Å²) in [5.74, 6) is -0.309. The maximum Gasteiger partial charge on any atom is 0.259 e. The van der Waals surface area contributed by atoms with Crippen LogP contribution in [0.3, 0.4) is 0 Å². The molecule has 0 aliphatic rings. The first kappa shape index (κ1) is 14.9. The van der Waals surface area contributed by atoms with E-state index in [2.05, 4.69) is 20.8 Å². The molecule has 23 heavy (non-hydrogen) atoms. The zero-order valence-corrected chi connectivity index (χ0v) is 12.7. The molecule has 1 heterocycles. The largest absolute Gasteiger partial charge is 0.355 e. The maximum absolute atomic E-state index is 12.4. The minimum Gasteiger partial charge on any atom is -0.355 e. The zero-order valence-electron chi connectivity index (χ0n) is 11.9. The first-order valence-electron chi connectivity index (χ1n) is 6.78. The van der Waals surface area contributed by atoms with Crippen molar-refractivity contribution in [3.8, 4) is 0 Å². The van der Waals surface area contributed by atoms with Crippen molar-refractivity contribution in [2.75, 3.05) is 10.6 Å². The predicted octanol–water partition coefficient (Wildman–Crippen LogP) is 4.54. The van der Waals surface area contributed by atoms with Crippen molar-refractivity contribution in [2.45, 2.75) is 0 Å². The molecule has 0 aliphatic carbocycles. The number of carbonyl (C=O) groups is 1. The normalized spacial score (nSPS) is 10.1. The van der Waals surface area contributed by atoms with E-state index in [1.54, 1.807) is 12.1 Å². The maximum atomic E-state index is 12.4. The van der Waals surface area contributed by atoms with E-state index in [1.807, 2.05) is 42.5 Å². The lowest BCUT2D eigenvalue weighted by Crippen LogP contribution is -2.13. The summed E-state index contributed by atoms with van der Waals surface area (Å²) >= 11 is 1.02. The minimum absolute atomic E-state index is 0.219. The first-order chi connectivity index (χ1) is 11.3. The Morgan fingerprint density at radius 2 is 1.78 bits per heavy atom. The number of hydrogen-bond donors (Lipinski definition) is 2. The fraction of sp³-hybridized carbons (Fsp3) is 0. The van der Waals surface area contributed by atoms with Crippen LogP contribution in [0.2, 0.25) is 0 Å². The molecular formula is C16H12N4O2S. The fourth-order valence-corrected chi connectivity index (χ4v) is 2.59. The van der Waals surface area contributed by atoms with Crippen LogP contribution in [0.25, 0.3) is 0 Å². The molecule has 2 aromatic carbocycles. The molecule has 2 N–H and O–H groups in total. The van der Waals surface area contributed by atoms with Gasteiger partial charge in [-0.15, -0.1) is 4.91 Å². The predicted molar refractivity (Wildman–Crippen MR) is 91.7 cm³/mol. The lowest BCUT2D eigenvalue weighted by atomic mass is 10.1. The number of nitrogens with zero attached hydrogens (tertiary/aromatic N) is 2. The molecule has 6 nitrogen and oxygen atoms in total. The van der Waals surface area contributed by atoms with Gasteiger partial charge in [0.2, 0.25) is 0 Å². The van der Waals surface area contributed by atoms with Gasteiger partial charge in [0.25, 0.3) is 5.91 Å². The number of nitrogens with one attached hydrogen (secondary N) is 2. The average molecular weight is 324 g/mol. The summed E-state index contributed by atoms with van der Waals surface area (Å²) in [7, 11) is 0. The standard InChI is InChI=1S/C16H12N4O2S/c21-15(19-16-17-10-14(20-22)23-16)12-8-4-5-9-13(12)18-11-6-2-1-3-7-11/h1-10,18H,(H,17,19,21). The van der Waals surface area contributed by atoms with Crippen molar-refractivity contribution < 1.29 is 4.79 Å². The second-order valence-corrected chi connectivity index (χ2v) is 5.59. The highest BCUT2D eigenvalue weighted by molar-refractivity contribution is 7.19. The van der Waals surface area contributed by atoms with Crippen molar-refractivity contribution in [1.29, 1.82) is 0 Å². The number of aromatic nitrogens is 1. The van der Waals surface area contributed by atoms with Gasteiger partial charge in [0.15, 0.2) is 10.1 Å². The summed E-state index contributed by atoms with van der Waals surface area (Å²) in [6.07, 6.45) is 1.32. The molecule has 0 spiro atoms. The van der Waals surface area contributed by atoms with Gasteiger partial charge >= 0.3 is 0 Å². The van der Waals surface area contributed by atoms with Crippen LogP contribution in [0.5, 0.6) is 0 Å². The minimum atomic E-state index is -0.309. The number of amides is 1. The lowest BCUT2D eigenvalue weighted by Gasteiger charge is -2.11. The summed E-state index contributed by atoms with van der Waals surface area (Å²) in [5, 5.41) is 9.22. The van der Waals surface area contributed by atoms with Crippen LogP contribution >= 0.6 is 11.3 Å². The molecule has 0 unspecified atom stereocenters. The van der Waals surface area contributed by atoms with Crippen LogP contribution < -0.4 is 10.6 Å². The SMILES string of the molecule is O=Nc1cnc(NC(=O)c2ccccc2Nc2ccccc2)s1. The van der Waals surface area contributed by atoms with E-state index in [0.29, 0.717) is 16.4 Å². The van der Waals surface area contributed by atoms with Crippen LogP contribution in [0.15, 0.2) is 66.0 Å². The molecular weight excluding hydrogens is 312 g/mol. The molecule has 0 fully saturated rings. The number of rotatable bonds is 5. The third kappa shape index (κ3) is 3.58. The van der Waals surface area contributed by atoms with Crippen molar-refractivity contribution in [3.05, 3.63) is 71.3 Å². The summed E-state index contributed by atoms with van der Waals surface area (Å²) < 4.78 is 0. The Morgan fingerprint density at radius 1 is 1.04 bits per heavy atom. The van der Waals surface area contributed by atoms with Gasteiger partial charge in [-0.1, -0.05) is 41.7 Å². The van der Waals surface area contributed by atoms with Gasteiger partial charge in [0.05, 0.1) is 17.4 Å². The van der Waals surface area contributed by atoms with E-state index in [-0.39, 0.29) is 10.9 Å². The van der Waals surface area contributed by atoms with E-state index in [9.17, 15) is 9.70 Å². The van der Waals surface area contributed by atoms with Crippen LogP contribution in [0.1, 0.15) is 10.4 Å². The monoisotopic (exact) mass is 324 g/mol. The smallest absolute Gasteiger partial charge is 0.259 e. The fourth-order valence-electron chi connectivity index (χ4n) is 2.00. The Balaban J connectivity index is 1.81. The third-order valence-electron chi connectivity index (χ3n) is 3.03. The number of benzene rings is 2. The Kier molecular flexibility index (Phi) is 4.39. The van der Waals surface area contributed by atoms with Gasteiger partial charge in [-0.05, 0) is 29.4 Å². The highest BCUT2D eigenvalue weighted by Crippen LogP contribution is 2.27. The topological polar surface area (TPSA) is 83.5 Å². The summed E-state index contributed by atoms with van der Waals surface area (Å²) in [6.45, 7) is 0. The highest BCUT2D eigenvalue weighted by atomic mass is 32.1. The Bertz CT molecular complexity index is 833. The summed E-state index contributed by atoms with van der Waals surface area (Å²) in [5.41, 5.74) is 2.04. The second-order valence-electron chi connectivity index (χ2n) is 4.59. The van der Waals surface area contributed by atoms with Crippen LogP contribution in [-0.4, -0.2) is 10.9 Å². The number of para-hydroxylation sites is 2. The molecule has 1 aromatic heterocycles. The lowest BCUT2D eigenvalue weighted by molar-refractivity contribution is 0.102. The molecule has 3 rings (SSSR count). The Morgan fingerprint density at radius 3 is 2.52 bits per heavy atom. The quantitative estimate of drug-likeness (QED) is 0.675. The van der Waals surface area contributed by atoms with Crippen LogP contribution in [0, 0.1) is 4.91 Å². The molecule has 1 amide bonds. The molecule has 7 heteroatoms. The summed E-state index contributed by atoms with van der Waals surface area (Å²) in [6, 6.07) is 16.7.